The van der Waals surface area contributed by atoms with Crippen molar-refractivity contribution < 1.29 is 30.8 Å². The van der Waals surface area contributed by atoms with E-state index in [1.807, 2.05) is 0 Å². The summed E-state index contributed by atoms with van der Waals surface area (Å²) in [6.07, 6.45) is -5.02. The van der Waals surface area contributed by atoms with E-state index in [2.05, 4.69) is 4.72 Å². The van der Waals surface area contributed by atoms with Gasteiger partial charge in [0, 0.05) is 5.69 Å². The molecule has 0 aliphatic carbocycles. The van der Waals surface area contributed by atoms with Crippen LogP contribution in [0.1, 0.15) is 24.5 Å². The quantitative estimate of drug-likeness (QED) is 0.839. The lowest BCUT2D eigenvalue weighted by atomic mass is 10.3. The number of alkyl halides is 3. The first-order chi connectivity index (χ1) is 11.5. The van der Waals surface area contributed by atoms with Gasteiger partial charge in [-0.25, -0.2) is 13.1 Å². The molecule has 6 nitrogen and oxygen atoms in total. The standard InChI is InChI=1S/C15H15F3N2O4S/c1-9-3-8-13(24-9)10(2)20-25(22,23)12-6-4-11(5-7-12)19-14(21)15(16,17)18/h3-8,10,20H,1-2H3,(H,19,21)/t10-/m0/s1. The van der Waals surface area contributed by atoms with Gasteiger partial charge in [-0.1, -0.05) is 0 Å². The molecule has 1 amide bonds. The van der Waals surface area contributed by atoms with E-state index >= 15 is 0 Å². The van der Waals surface area contributed by atoms with Crippen LogP contribution in [-0.4, -0.2) is 20.5 Å². The van der Waals surface area contributed by atoms with Gasteiger partial charge in [0.2, 0.25) is 10.0 Å². The van der Waals surface area contributed by atoms with E-state index in [9.17, 15) is 26.4 Å². The summed E-state index contributed by atoms with van der Waals surface area (Å²) in [7, 11) is -3.92. The highest BCUT2D eigenvalue weighted by molar-refractivity contribution is 7.89. The van der Waals surface area contributed by atoms with E-state index in [0.717, 1.165) is 24.3 Å². The zero-order chi connectivity index (χ0) is 18.8. The van der Waals surface area contributed by atoms with Crippen LogP contribution in [0.5, 0.6) is 0 Å². The highest BCUT2D eigenvalue weighted by atomic mass is 32.2. The molecule has 1 aromatic heterocycles. The van der Waals surface area contributed by atoms with E-state index in [-0.39, 0.29) is 10.6 Å². The molecule has 0 aliphatic rings. The summed E-state index contributed by atoms with van der Waals surface area (Å²) in [4.78, 5) is 10.7. The van der Waals surface area contributed by atoms with Gasteiger partial charge in [-0.2, -0.15) is 13.2 Å². The number of amides is 1. The summed E-state index contributed by atoms with van der Waals surface area (Å²) >= 11 is 0. The van der Waals surface area contributed by atoms with Gasteiger partial charge in [0.1, 0.15) is 11.5 Å². The van der Waals surface area contributed by atoms with Crippen molar-refractivity contribution in [2.45, 2.75) is 31.0 Å². The third-order valence-electron chi connectivity index (χ3n) is 3.20. The van der Waals surface area contributed by atoms with Crippen LogP contribution in [0.4, 0.5) is 18.9 Å². The minimum Gasteiger partial charge on any atom is -0.465 e. The summed E-state index contributed by atoms with van der Waals surface area (Å²) in [5, 5.41) is 1.64. The van der Waals surface area contributed by atoms with Gasteiger partial charge in [0.25, 0.3) is 0 Å². The Hall–Kier alpha value is -2.33. The maximum atomic E-state index is 12.3. The Morgan fingerprint density at radius 3 is 2.20 bits per heavy atom. The Bertz CT molecular complexity index is 858. The number of halogens is 3. The fraction of sp³-hybridized carbons (Fsp3) is 0.267. The highest BCUT2D eigenvalue weighted by Gasteiger charge is 2.38. The predicted octanol–water partition coefficient (Wildman–Crippen LogP) is 3.13. The van der Waals surface area contributed by atoms with E-state index in [1.54, 1.807) is 31.3 Å². The second-order valence-corrected chi connectivity index (χ2v) is 6.98. The number of nitrogens with one attached hydrogen (secondary N) is 2. The maximum Gasteiger partial charge on any atom is 0.471 e. The number of carbonyl (C=O) groups excluding carboxylic acids is 1. The topological polar surface area (TPSA) is 88.4 Å². The van der Waals surface area contributed by atoms with Crippen LogP contribution in [0.3, 0.4) is 0 Å². The number of sulfonamides is 1. The van der Waals surface area contributed by atoms with Crippen molar-refractivity contribution in [3.05, 3.63) is 47.9 Å². The zero-order valence-electron chi connectivity index (χ0n) is 13.2. The van der Waals surface area contributed by atoms with Crippen molar-refractivity contribution in [2.75, 3.05) is 5.32 Å². The summed E-state index contributed by atoms with van der Waals surface area (Å²) < 4.78 is 68.9. The summed E-state index contributed by atoms with van der Waals surface area (Å²) in [5.74, 6) is -1.08. The number of rotatable bonds is 5. The summed E-state index contributed by atoms with van der Waals surface area (Å²) in [6, 6.07) is 7.02. The smallest absolute Gasteiger partial charge is 0.465 e. The van der Waals surface area contributed by atoms with E-state index < -0.39 is 28.1 Å². The molecule has 2 aromatic rings. The van der Waals surface area contributed by atoms with Crippen LogP contribution in [0.25, 0.3) is 0 Å². The van der Waals surface area contributed by atoms with Crippen LogP contribution in [-0.2, 0) is 14.8 Å². The molecular weight excluding hydrogens is 361 g/mol. The van der Waals surface area contributed by atoms with Gasteiger partial charge in [-0.3, -0.25) is 4.79 Å². The molecule has 0 fully saturated rings. The molecule has 0 unspecified atom stereocenters. The van der Waals surface area contributed by atoms with Crippen molar-refractivity contribution >= 4 is 21.6 Å². The van der Waals surface area contributed by atoms with Gasteiger partial charge in [0.05, 0.1) is 10.9 Å². The molecule has 0 radical (unpaired) electrons. The van der Waals surface area contributed by atoms with Gasteiger partial charge in [-0.15, -0.1) is 0 Å². The van der Waals surface area contributed by atoms with Crippen molar-refractivity contribution in [3.63, 3.8) is 0 Å². The summed E-state index contributed by atoms with van der Waals surface area (Å²) in [5.41, 5.74) is -0.170. The average Bonchev–Trinajstić information content (AvgIpc) is 2.93. The van der Waals surface area contributed by atoms with Gasteiger partial charge in [-0.05, 0) is 50.2 Å². The molecule has 0 bridgehead atoms. The number of benzene rings is 1. The zero-order valence-corrected chi connectivity index (χ0v) is 14.0. The van der Waals surface area contributed by atoms with Crippen LogP contribution in [0.2, 0.25) is 0 Å². The van der Waals surface area contributed by atoms with Crippen LogP contribution >= 0.6 is 0 Å². The van der Waals surface area contributed by atoms with Gasteiger partial charge >= 0.3 is 12.1 Å². The average molecular weight is 376 g/mol. The lowest BCUT2D eigenvalue weighted by molar-refractivity contribution is -0.167. The molecule has 2 rings (SSSR count). The number of anilines is 1. The Kier molecular flexibility index (Phi) is 5.23. The second kappa shape index (κ2) is 6.89. The first-order valence-electron chi connectivity index (χ1n) is 7.06. The van der Waals surface area contributed by atoms with Crippen LogP contribution in [0, 0.1) is 6.92 Å². The minimum atomic E-state index is -5.02. The predicted molar refractivity (Wildman–Crippen MR) is 83.3 cm³/mol. The molecule has 25 heavy (non-hydrogen) atoms. The van der Waals surface area contributed by atoms with Gasteiger partial charge in [0.15, 0.2) is 0 Å². The van der Waals surface area contributed by atoms with Crippen LogP contribution in [0.15, 0.2) is 45.7 Å². The molecule has 1 heterocycles. The molecule has 1 atom stereocenters. The normalized spacial score (nSPS) is 13.5. The largest absolute Gasteiger partial charge is 0.471 e. The summed E-state index contributed by atoms with van der Waals surface area (Å²) in [6.45, 7) is 3.31. The molecule has 0 saturated carbocycles. The monoisotopic (exact) mass is 376 g/mol. The maximum absolute atomic E-state index is 12.3. The molecule has 10 heteroatoms. The molecule has 0 aliphatic heterocycles. The Morgan fingerprint density at radius 1 is 1.12 bits per heavy atom. The molecule has 0 saturated heterocycles. The first-order valence-corrected chi connectivity index (χ1v) is 8.54. The number of hydrogen-bond donors (Lipinski definition) is 2. The second-order valence-electron chi connectivity index (χ2n) is 5.27. The Morgan fingerprint density at radius 2 is 1.72 bits per heavy atom. The Balaban J connectivity index is 2.11. The number of carbonyl (C=O) groups is 1. The minimum absolute atomic E-state index is 0.160. The van der Waals surface area contributed by atoms with Crippen molar-refractivity contribution in [1.82, 2.24) is 4.72 Å². The number of hydrogen-bond acceptors (Lipinski definition) is 4. The van der Waals surface area contributed by atoms with Crippen LogP contribution < -0.4 is 10.0 Å². The van der Waals surface area contributed by atoms with Gasteiger partial charge < -0.3 is 9.73 Å². The van der Waals surface area contributed by atoms with Crippen molar-refractivity contribution in [2.24, 2.45) is 0 Å². The first kappa shape index (κ1) is 19.0. The SMILES string of the molecule is Cc1ccc([C@H](C)NS(=O)(=O)c2ccc(NC(=O)C(F)(F)F)cc2)o1. The lowest BCUT2D eigenvalue weighted by Crippen LogP contribution is -2.30. The third-order valence-corrected chi connectivity index (χ3v) is 4.76. The fourth-order valence-corrected chi connectivity index (χ4v) is 3.18. The molecule has 0 spiro atoms. The highest BCUT2D eigenvalue weighted by Crippen LogP contribution is 2.22. The van der Waals surface area contributed by atoms with Crippen molar-refractivity contribution in [3.8, 4) is 0 Å². The lowest BCUT2D eigenvalue weighted by Gasteiger charge is -2.13. The fourth-order valence-electron chi connectivity index (χ4n) is 1.96. The number of furan rings is 1. The number of aryl methyl sites for hydroxylation is 1. The molecule has 1 aromatic carbocycles. The molecule has 136 valence electrons. The van der Waals surface area contributed by atoms with E-state index in [4.69, 9.17) is 4.42 Å². The van der Waals surface area contributed by atoms with E-state index in [0.29, 0.717) is 11.5 Å². The van der Waals surface area contributed by atoms with E-state index in [1.165, 1.54) is 0 Å². The molecule has 2 N–H and O–H groups in total. The van der Waals surface area contributed by atoms with Crippen molar-refractivity contribution in [1.29, 1.82) is 0 Å². The third kappa shape index (κ3) is 4.83. The Labute approximate surface area is 142 Å². The molecular formula is C15H15F3N2O4S.